The molecule has 0 unspecified atom stereocenters. The minimum Gasteiger partial charge on any atom is -0.364 e. The minimum absolute atomic E-state index is 0.0731. The van der Waals surface area contributed by atoms with E-state index in [2.05, 4.69) is 20.5 Å². The van der Waals surface area contributed by atoms with Crippen LogP contribution in [0.2, 0.25) is 5.02 Å². The number of aromatic nitrogens is 2. The maximum Gasteiger partial charge on any atom is 0.270 e. The fraction of sp³-hybridized carbons (Fsp3) is 0.280. The van der Waals surface area contributed by atoms with Crippen molar-refractivity contribution < 1.29 is 14.4 Å². The number of nitrogens with zero attached hydrogens (tertiary/aromatic N) is 3. The van der Waals surface area contributed by atoms with Gasteiger partial charge >= 0.3 is 0 Å². The number of hydrogen-bond donors (Lipinski definition) is 3. The van der Waals surface area contributed by atoms with Gasteiger partial charge in [-0.2, -0.15) is 0 Å². The molecule has 0 radical (unpaired) electrons. The number of amides is 3. The summed E-state index contributed by atoms with van der Waals surface area (Å²) in [7, 11) is 0. The summed E-state index contributed by atoms with van der Waals surface area (Å²) >= 11 is 6.10. The summed E-state index contributed by atoms with van der Waals surface area (Å²) in [6, 6.07) is 13.6. The van der Waals surface area contributed by atoms with E-state index in [1.165, 1.54) is 30.2 Å². The molecule has 0 atom stereocenters. The summed E-state index contributed by atoms with van der Waals surface area (Å²) in [6.07, 6.45) is 4.96. The quantitative estimate of drug-likeness (QED) is 0.444. The Morgan fingerprint density at radius 3 is 2.37 bits per heavy atom. The number of nitrogens with two attached hydrogens (primary N) is 1. The maximum atomic E-state index is 13.0. The molecule has 1 aliphatic rings. The average molecular weight is 495 g/mol. The summed E-state index contributed by atoms with van der Waals surface area (Å²) in [5.41, 5.74) is 6.94. The van der Waals surface area contributed by atoms with E-state index in [0.29, 0.717) is 28.5 Å². The van der Waals surface area contributed by atoms with Crippen LogP contribution < -0.4 is 16.4 Å². The Morgan fingerprint density at radius 2 is 1.69 bits per heavy atom. The topological polar surface area (TPSA) is 122 Å². The molecule has 35 heavy (non-hydrogen) atoms. The third kappa shape index (κ3) is 5.87. The van der Waals surface area contributed by atoms with Crippen molar-refractivity contribution in [2.45, 2.75) is 19.3 Å². The number of piperidine rings is 1. The zero-order valence-corrected chi connectivity index (χ0v) is 19.9. The first kappa shape index (κ1) is 24.4. The molecule has 0 saturated carbocycles. The van der Waals surface area contributed by atoms with E-state index >= 15 is 0 Å². The van der Waals surface area contributed by atoms with E-state index in [1.807, 2.05) is 0 Å². The highest BCUT2D eigenvalue weighted by Gasteiger charge is 2.23. The van der Waals surface area contributed by atoms with Crippen molar-refractivity contribution in [1.82, 2.24) is 19.8 Å². The van der Waals surface area contributed by atoms with Crippen LogP contribution in [0.1, 0.15) is 50.6 Å². The lowest BCUT2D eigenvalue weighted by atomic mass is 10.1. The van der Waals surface area contributed by atoms with Gasteiger partial charge in [-0.1, -0.05) is 30.2 Å². The lowest BCUT2D eigenvalue weighted by Crippen LogP contribution is -2.38. The molecule has 0 aliphatic carbocycles. The SMILES string of the molecule is NC(=O)c1ncn(-c2ccc(NC(=O)c3ccccc3Cl)cc2)c1C(=O)NCCN1CCCCC1. The lowest BCUT2D eigenvalue weighted by molar-refractivity contribution is 0.0923. The highest BCUT2D eigenvalue weighted by atomic mass is 35.5. The molecule has 1 aromatic heterocycles. The molecule has 4 rings (SSSR count). The Bertz CT molecular complexity index is 1220. The summed E-state index contributed by atoms with van der Waals surface area (Å²) in [6.45, 7) is 3.25. The lowest BCUT2D eigenvalue weighted by Gasteiger charge is -2.26. The van der Waals surface area contributed by atoms with Gasteiger partial charge in [0.05, 0.1) is 10.6 Å². The van der Waals surface area contributed by atoms with Gasteiger partial charge in [0.2, 0.25) is 0 Å². The van der Waals surface area contributed by atoms with E-state index in [4.69, 9.17) is 17.3 Å². The Labute approximate surface area is 208 Å². The smallest absolute Gasteiger partial charge is 0.270 e. The first-order chi connectivity index (χ1) is 16.9. The van der Waals surface area contributed by atoms with Gasteiger partial charge in [-0.05, 0) is 62.3 Å². The number of imidazole rings is 1. The molecule has 10 heteroatoms. The molecule has 0 bridgehead atoms. The van der Waals surface area contributed by atoms with Crippen molar-refractivity contribution in [1.29, 1.82) is 0 Å². The number of benzene rings is 2. The molecule has 2 aromatic carbocycles. The van der Waals surface area contributed by atoms with Gasteiger partial charge in [0, 0.05) is 24.5 Å². The number of likely N-dealkylation sites (tertiary alicyclic amines) is 1. The average Bonchev–Trinajstić information content (AvgIpc) is 3.31. The summed E-state index contributed by atoms with van der Waals surface area (Å²) in [5, 5.41) is 6.03. The zero-order chi connectivity index (χ0) is 24.8. The molecule has 3 amide bonds. The van der Waals surface area contributed by atoms with Crippen molar-refractivity contribution in [3.63, 3.8) is 0 Å². The third-order valence-corrected chi connectivity index (χ3v) is 6.23. The van der Waals surface area contributed by atoms with Crippen LogP contribution in [-0.4, -0.2) is 58.4 Å². The number of nitrogens with one attached hydrogen (secondary N) is 2. The second-order valence-corrected chi connectivity index (χ2v) is 8.72. The van der Waals surface area contributed by atoms with Crippen LogP contribution in [0.4, 0.5) is 5.69 Å². The molecule has 1 fully saturated rings. The Kier molecular flexibility index (Phi) is 7.79. The number of carbonyl (C=O) groups excluding carboxylic acids is 3. The van der Waals surface area contributed by atoms with Gasteiger partial charge in [0.25, 0.3) is 17.7 Å². The Morgan fingerprint density at radius 1 is 0.971 bits per heavy atom. The molecule has 2 heterocycles. The number of primary amides is 1. The van der Waals surface area contributed by atoms with Crippen molar-refractivity contribution in [3.8, 4) is 5.69 Å². The first-order valence-electron chi connectivity index (χ1n) is 11.5. The predicted molar refractivity (Wildman–Crippen MR) is 134 cm³/mol. The van der Waals surface area contributed by atoms with E-state index < -0.39 is 11.8 Å². The second kappa shape index (κ2) is 11.2. The van der Waals surface area contributed by atoms with Gasteiger partial charge in [-0.25, -0.2) is 4.98 Å². The molecule has 9 nitrogen and oxygen atoms in total. The summed E-state index contributed by atoms with van der Waals surface area (Å²) < 4.78 is 1.51. The van der Waals surface area contributed by atoms with E-state index in [-0.39, 0.29) is 17.3 Å². The van der Waals surface area contributed by atoms with Gasteiger partial charge in [0.15, 0.2) is 5.69 Å². The molecule has 4 N–H and O–H groups in total. The Hall–Kier alpha value is -3.69. The summed E-state index contributed by atoms with van der Waals surface area (Å²) in [4.78, 5) is 43.8. The minimum atomic E-state index is -0.784. The molecule has 182 valence electrons. The Balaban J connectivity index is 1.48. The van der Waals surface area contributed by atoms with Crippen LogP contribution in [0.5, 0.6) is 0 Å². The number of rotatable bonds is 8. The van der Waals surface area contributed by atoms with Crippen molar-refractivity contribution in [3.05, 3.63) is 76.8 Å². The van der Waals surface area contributed by atoms with Crippen molar-refractivity contribution >= 4 is 35.0 Å². The number of halogens is 1. The normalized spacial score (nSPS) is 13.9. The molecular formula is C25H27ClN6O3. The van der Waals surface area contributed by atoms with Gasteiger partial charge < -0.3 is 21.3 Å². The third-order valence-electron chi connectivity index (χ3n) is 5.90. The van der Waals surface area contributed by atoms with Crippen LogP contribution in [0.3, 0.4) is 0 Å². The van der Waals surface area contributed by atoms with Crippen LogP contribution in [0.15, 0.2) is 54.9 Å². The highest BCUT2D eigenvalue weighted by molar-refractivity contribution is 6.34. The van der Waals surface area contributed by atoms with Crippen molar-refractivity contribution in [2.24, 2.45) is 5.73 Å². The molecule has 0 spiro atoms. The predicted octanol–water partition coefficient (Wildman–Crippen LogP) is 3.09. The van der Waals surface area contributed by atoms with E-state index in [9.17, 15) is 14.4 Å². The van der Waals surface area contributed by atoms with Crippen LogP contribution in [0.25, 0.3) is 5.69 Å². The van der Waals surface area contributed by atoms with Crippen molar-refractivity contribution in [2.75, 3.05) is 31.5 Å². The maximum absolute atomic E-state index is 13.0. The van der Waals surface area contributed by atoms with Crippen LogP contribution in [0, 0.1) is 0 Å². The second-order valence-electron chi connectivity index (χ2n) is 8.32. The van der Waals surface area contributed by atoms with Gasteiger partial charge in [-0.15, -0.1) is 0 Å². The fourth-order valence-electron chi connectivity index (χ4n) is 4.08. The largest absolute Gasteiger partial charge is 0.364 e. The molecule has 1 saturated heterocycles. The highest BCUT2D eigenvalue weighted by Crippen LogP contribution is 2.20. The molecular weight excluding hydrogens is 468 g/mol. The van der Waals surface area contributed by atoms with Crippen LogP contribution >= 0.6 is 11.6 Å². The molecule has 3 aromatic rings. The van der Waals surface area contributed by atoms with E-state index in [0.717, 1.165) is 19.6 Å². The zero-order valence-electron chi connectivity index (χ0n) is 19.2. The number of carbonyl (C=O) groups is 3. The monoisotopic (exact) mass is 494 g/mol. The number of anilines is 1. The molecule has 1 aliphatic heterocycles. The summed E-state index contributed by atoms with van der Waals surface area (Å²) in [5.74, 6) is -1.55. The van der Waals surface area contributed by atoms with E-state index in [1.54, 1.807) is 48.5 Å². The fourth-order valence-corrected chi connectivity index (χ4v) is 4.31. The van der Waals surface area contributed by atoms with Crippen LogP contribution in [-0.2, 0) is 0 Å². The first-order valence-corrected chi connectivity index (χ1v) is 11.9. The van der Waals surface area contributed by atoms with Gasteiger partial charge in [-0.3, -0.25) is 19.0 Å². The van der Waals surface area contributed by atoms with Gasteiger partial charge in [0.1, 0.15) is 12.0 Å². The number of hydrogen-bond acceptors (Lipinski definition) is 5. The standard InChI is InChI=1S/C25H27ClN6O3/c26-20-7-3-2-6-19(20)24(34)30-17-8-10-18(11-9-17)32-16-29-21(23(27)33)22(32)25(35)28-12-15-31-13-4-1-5-14-31/h2-3,6-11,16H,1,4-5,12-15H2,(H2,27,33)(H,28,35)(H,30,34).